The number of amides is 2. The summed E-state index contributed by atoms with van der Waals surface area (Å²) < 4.78 is 1.04. The van der Waals surface area contributed by atoms with Crippen LogP contribution in [-0.4, -0.2) is 12.1 Å². The van der Waals surface area contributed by atoms with Crippen molar-refractivity contribution in [3.05, 3.63) is 34.3 Å². The minimum absolute atomic E-state index is 0.0200. The Kier molecular flexibility index (Phi) is 4.01. The molecule has 0 aromatic heterocycles. The van der Waals surface area contributed by atoms with Crippen molar-refractivity contribution in [1.29, 1.82) is 0 Å². The van der Waals surface area contributed by atoms with E-state index in [1.807, 2.05) is 31.2 Å². The number of benzene rings is 1. The Hall–Kier alpha value is -1.03. The number of carbonyl (C=O) groups is 1. The van der Waals surface area contributed by atoms with Crippen LogP contribution in [0.1, 0.15) is 44.2 Å². The van der Waals surface area contributed by atoms with Crippen molar-refractivity contribution in [2.75, 3.05) is 0 Å². The number of rotatable bonds is 5. The number of urea groups is 1. The Morgan fingerprint density at radius 1 is 1.20 bits per heavy atom. The van der Waals surface area contributed by atoms with Gasteiger partial charge in [0.1, 0.15) is 0 Å². The van der Waals surface area contributed by atoms with Crippen LogP contribution in [0.15, 0.2) is 28.7 Å². The average Bonchev–Trinajstić information content (AvgIpc) is 3.28. The molecule has 0 spiro atoms. The quantitative estimate of drug-likeness (QED) is 0.838. The molecular weight excluding hydrogens is 316 g/mol. The molecule has 3 rings (SSSR count). The lowest BCUT2D eigenvalue weighted by atomic mass is 10.1. The lowest BCUT2D eigenvalue weighted by molar-refractivity contribution is 0.230. The molecule has 1 aromatic carbocycles. The molecule has 2 aliphatic rings. The van der Waals surface area contributed by atoms with Crippen LogP contribution in [0.4, 0.5) is 4.79 Å². The normalized spacial score (nSPS) is 19.8. The van der Waals surface area contributed by atoms with Crippen LogP contribution in [0.25, 0.3) is 0 Å². The largest absolute Gasteiger partial charge is 0.335 e. The Bertz CT molecular complexity index is 485. The fourth-order valence-electron chi connectivity index (χ4n) is 2.78. The molecule has 2 saturated carbocycles. The van der Waals surface area contributed by atoms with Crippen LogP contribution in [0, 0.1) is 11.8 Å². The zero-order valence-electron chi connectivity index (χ0n) is 11.7. The monoisotopic (exact) mass is 336 g/mol. The molecule has 2 aliphatic carbocycles. The van der Waals surface area contributed by atoms with Crippen molar-refractivity contribution < 1.29 is 4.79 Å². The van der Waals surface area contributed by atoms with Crippen LogP contribution in [0.3, 0.4) is 0 Å². The SMILES string of the molecule is C[C@@H](NC(=O)NC(C1CC1)C1CC1)c1cccc(Br)c1. The average molecular weight is 337 g/mol. The summed E-state index contributed by atoms with van der Waals surface area (Å²) in [5, 5.41) is 6.24. The smallest absolute Gasteiger partial charge is 0.315 e. The van der Waals surface area contributed by atoms with Gasteiger partial charge in [-0.3, -0.25) is 0 Å². The maximum atomic E-state index is 12.2. The molecule has 1 atom stereocenters. The van der Waals surface area contributed by atoms with E-state index in [-0.39, 0.29) is 12.1 Å². The van der Waals surface area contributed by atoms with Gasteiger partial charge in [-0.2, -0.15) is 0 Å². The van der Waals surface area contributed by atoms with Gasteiger partial charge in [-0.25, -0.2) is 4.79 Å². The van der Waals surface area contributed by atoms with Gasteiger partial charge in [0.25, 0.3) is 0 Å². The number of hydrogen-bond donors (Lipinski definition) is 2. The summed E-state index contributed by atoms with van der Waals surface area (Å²) in [4.78, 5) is 12.2. The molecule has 2 N–H and O–H groups in total. The highest BCUT2D eigenvalue weighted by molar-refractivity contribution is 9.10. The molecule has 108 valence electrons. The van der Waals surface area contributed by atoms with Crippen molar-refractivity contribution in [1.82, 2.24) is 10.6 Å². The predicted octanol–water partition coefficient (Wildman–Crippen LogP) is 4.00. The van der Waals surface area contributed by atoms with E-state index in [2.05, 4.69) is 26.6 Å². The van der Waals surface area contributed by atoms with Gasteiger partial charge in [0.05, 0.1) is 6.04 Å². The minimum atomic E-state index is -0.0266. The van der Waals surface area contributed by atoms with Crippen LogP contribution in [-0.2, 0) is 0 Å². The molecule has 2 amide bonds. The van der Waals surface area contributed by atoms with Crippen molar-refractivity contribution in [2.24, 2.45) is 11.8 Å². The van der Waals surface area contributed by atoms with Crippen LogP contribution in [0.2, 0.25) is 0 Å². The van der Waals surface area contributed by atoms with Gasteiger partial charge < -0.3 is 10.6 Å². The zero-order valence-corrected chi connectivity index (χ0v) is 13.3. The third-order valence-corrected chi connectivity index (χ3v) is 4.75. The molecular formula is C16H21BrN2O. The van der Waals surface area contributed by atoms with Gasteiger partial charge in [0, 0.05) is 10.5 Å². The van der Waals surface area contributed by atoms with E-state index in [0.29, 0.717) is 6.04 Å². The lowest BCUT2D eigenvalue weighted by Gasteiger charge is -2.21. The summed E-state index contributed by atoms with van der Waals surface area (Å²) >= 11 is 3.46. The number of hydrogen-bond acceptors (Lipinski definition) is 1. The maximum Gasteiger partial charge on any atom is 0.315 e. The number of halogens is 1. The van der Waals surface area contributed by atoms with Crippen molar-refractivity contribution in [2.45, 2.75) is 44.7 Å². The van der Waals surface area contributed by atoms with Crippen LogP contribution >= 0.6 is 15.9 Å². The summed E-state index contributed by atoms with van der Waals surface area (Å²) in [5.74, 6) is 1.46. The minimum Gasteiger partial charge on any atom is -0.335 e. The Morgan fingerprint density at radius 3 is 2.40 bits per heavy atom. The van der Waals surface area contributed by atoms with Crippen molar-refractivity contribution in [3.8, 4) is 0 Å². The molecule has 0 heterocycles. The van der Waals surface area contributed by atoms with E-state index < -0.39 is 0 Å². The molecule has 2 fully saturated rings. The third kappa shape index (κ3) is 3.54. The van der Waals surface area contributed by atoms with Crippen molar-refractivity contribution in [3.63, 3.8) is 0 Å². The maximum absolute atomic E-state index is 12.2. The molecule has 0 unspecified atom stereocenters. The second kappa shape index (κ2) is 5.76. The first-order valence-corrected chi connectivity index (χ1v) is 8.25. The van der Waals surface area contributed by atoms with Gasteiger partial charge in [-0.1, -0.05) is 28.1 Å². The standard InChI is InChI=1S/C16H21BrN2O/c1-10(13-3-2-4-14(17)9-13)18-16(20)19-15(11-5-6-11)12-7-8-12/h2-4,9-12,15H,5-8H2,1H3,(H2,18,19,20)/t10-/m1/s1. The zero-order chi connectivity index (χ0) is 14.1. The van der Waals surface area contributed by atoms with E-state index in [1.165, 1.54) is 25.7 Å². The van der Waals surface area contributed by atoms with E-state index in [0.717, 1.165) is 21.9 Å². The highest BCUT2D eigenvalue weighted by Gasteiger charge is 2.42. The topological polar surface area (TPSA) is 41.1 Å². The molecule has 0 saturated heterocycles. The van der Waals surface area contributed by atoms with E-state index in [1.54, 1.807) is 0 Å². The number of nitrogens with one attached hydrogen (secondary N) is 2. The Labute approximate surface area is 128 Å². The summed E-state index contributed by atoms with van der Waals surface area (Å²) in [7, 11) is 0. The predicted molar refractivity (Wildman–Crippen MR) is 83.5 cm³/mol. The summed E-state index contributed by atoms with van der Waals surface area (Å²) in [6, 6.07) is 8.47. The fraction of sp³-hybridized carbons (Fsp3) is 0.562. The van der Waals surface area contributed by atoms with Gasteiger partial charge in [0.2, 0.25) is 0 Å². The number of carbonyl (C=O) groups excluding carboxylic acids is 1. The Morgan fingerprint density at radius 2 is 1.85 bits per heavy atom. The summed E-state index contributed by atoms with van der Waals surface area (Å²) in [5.41, 5.74) is 1.11. The van der Waals surface area contributed by atoms with E-state index >= 15 is 0 Å². The van der Waals surface area contributed by atoms with Gasteiger partial charge >= 0.3 is 6.03 Å². The fourth-order valence-corrected chi connectivity index (χ4v) is 3.20. The first kappa shape index (κ1) is 13.9. The van der Waals surface area contributed by atoms with Crippen LogP contribution < -0.4 is 10.6 Å². The first-order valence-electron chi connectivity index (χ1n) is 7.46. The van der Waals surface area contributed by atoms with Crippen LogP contribution in [0.5, 0.6) is 0 Å². The third-order valence-electron chi connectivity index (χ3n) is 4.25. The van der Waals surface area contributed by atoms with Gasteiger partial charge in [0.15, 0.2) is 0 Å². The van der Waals surface area contributed by atoms with Gasteiger partial charge in [-0.15, -0.1) is 0 Å². The van der Waals surface area contributed by atoms with Crippen molar-refractivity contribution >= 4 is 22.0 Å². The first-order chi connectivity index (χ1) is 9.63. The second-order valence-electron chi connectivity index (χ2n) is 6.10. The second-order valence-corrected chi connectivity index (χ2v) is 7.01. The molecule has 0 radical (unpaired) electrons. The van der Waals surface area contributed by atoms with Gasteiger partial charge in [-0.05, 0) is 62.1 Å². The highest BCUT2D eigenvalue weighted by atomic mass is 79.9. The van der Waals surface area contributed by atoms with E-state index in [9.17, 15) is 4.79 Å². The summed E-state index contributed by atoms with van der Waals surface area (Å²) in [6.07, 6.45) is 5.12. The van der Waals surface area contributed by atoms with E-state index in [4.69, 9.17) is 0 Å². The highest BCUT2D eigenvalue weighted by Crippen LogP contribution is 2.44. The molecule has 0 aliphatic heterocycles. The lowest BCUT2D eigenvalue weighted by Crippen LogP contribution is -2.45. The molecule has 20 heavy (non-hydrogen) atoms. The molecule has 3 nitrogen and oxygen atoms in total. The molecule has 1 aromatic rings. The molecule has 0 bridgehead atoms. The Balaban J connectivity index is 1.55. The summed E-state index contributed by atoms with van der Waals surface area (Å²) in [6.45, 7) is 2.02. The molecule has 4 heteroatoms.